The van der Waals surface area contributed by atoms with Gasteiger partial charge in [-0.15, -0.1) is 0 Å². The first kappa shape index (κ1) is 26.1. The van der Waals surface area contributed by atoms with Crippen LogP contribution in [0.2, 0.25) is 0 Å². The number of carbonyl (C=O) groups is 1. The largest absolute Gasteiger partial charge is 0.482 e. The van der Waals surface area contributed by atoms with Gasteiger partial charge in [0.25, 0.3) is 0 Å². The Morgan fingerprint density at radius 2 is 1.83 bits per heavy atom. The number of carboxylic acid groups (broad SMARTS) is 1. The summed E-state index contributed by atoms with van der Waals surface area (Å²) in [5.41, 5.74) is 4.10. The molecule has 0 saturated heterocycles. The molecule has 1 aromatic heterocycles. The molecule has 0 amide bonds. The Hall–Kier alpha value is -3.55. The van der Waals surface area contributed by atoms with Crippen LogP contribution >= 0.6 is 0 Å². The SMILES string of the molecule is Cc1cc(N(C)CCCCc2ccc(-c3cccc(C(F)(F)F)c3)nc2C)ccc1OCC(=O)O. The number of aliphatic carboxylic acids is 1. The van der Waals surface area contributed by atoms with Crippen LogP contribution in [0.4, 0.5) is 18.9 Å². The highest BCUT2D eigenvalue weighted by atomic mass is 19.4. The molecule has 0 saturated carbocycles. The zero-order chi connectivity index (χ0) is 25.6. The summed E-state index contributed by atoms with van der Waals surface area (Å²) in [6.07, 6.45) is -1.67. The predicted molar refractivity (Wildman–Crippen MR) is 130 cm³/mol. The first-order chi connectivity index (χ1) is 16.5. The molecule has 1 heterocycles. The molecule has 0 atom stereocenters. The molecule has 2 aromatic carbocycles. The minimum atomic E-state index is -4.38. The van der Waals surface area contributed by atoms with E-state index in [-0.39, 0.29) is 6.61 Å². The zero-order valence-corrected chi connectivity index (χ0v) is 20.0. The topological polar surface area (TPSA) is 62.7 Å². The fourth-order valence-corrected chi connectivity index (χ4v) is 3.84. The van der Waals surface area contributed by atoms with Crippen LogP contribution in [0.5, 0.6) is 5.75 Å². The molecule has 8 heteroatoms. The summed E-state index contributed by atoms with van der Waals surface area (Å²) in [6, 6.07) is 14.6. The number of anilines is 1. The van der Waals surface area contributed by atoms with E-state index in [0.29, 0.717) is 17.0 Å². The van der Waals surface area contributed by atoms with Crippen LogP contribution in [0.25, 0.3) is 11.3 Å². The standard InChI is InChI=1S/C27H29F3N2O3/c1-18-15-23(11-13-25(18)35-17-26(33)34)32(3)14-5-4-7-20-10-12-24(31-19(20)2)21-8-6-9-22(16-21)27(28,29)30/h6,8-13,15-16H,4-5,7,14,17H2,1-3H3,(H,33,34). The van der Waals surface area contributed by atoms with Crippen LogP contribution in [0.15, 0.2) is 54.6 Å². The Labute approximate surface area is 203 Å². The molecule has 0 radical (unpaired) electrons. The molecule has 0 unspecified atom stereocenters. The minimum absolute atomic E-state index is 0.370. The Bertz CT molecular complexity index is 1180. The van der Waals surface area contributed by atoms with Gasteiger partial charge in [-0.2, -0.15) is 13.2 Å². The van der Waals surface area contributed by atoms with E-state index in [4.69, 9.17) is 9.84 Å². The van der Waals surface area contributed by atoms with E-state index >= 15 is 0 Å². The van der Waals surface area contributed by atoms with Crippen molar-refractivity contribution >= 4 is 11.7 Å². The summed E-state index contributed by atoms with van der Waals surface area (Å²) < 4.78 is 44.3. The molecule has 0 spiro atoms. The van der Waals surface area contributed by atoms with Gasteiger partial charge in [-0.25, -0.2) is 4.79 Å². The lowest BCUT2D eigenvalue weighted by Crippen LogP contribution is -2.19. The maximum Gasteiger partial charge on any atom is 0.416 e. The van der Waals surface area contributed by atoms with Crippen molar-refractivity contribution in [2.75, 3.05) is 25.1 Å². The molecule has 0 fully saturated rings. The minimum Gasteiger partial charge on any atom is -0.482 e. The second-order valence-corrected chi connectivity index (χ2v) is 8.53. The normalized spacial score (nSPS) is 11.4. The fourth-order valence-electron chi connectivity index (χ4n) is 3.84. The molecule has 186 valence electrons. The van der Waals surface area contributed by atoms with Gasteiger partial charge in [-0.1, -0.05) is 18.2 Å². The molecule has 35 heavy (non-hydrogen) atoms. The van der Waals surface area contributed by atoms with Gasteiger partial charge in [-0.05, 0) is 80.6 Å². The van der Waals surface area contributed by atoms with E-state index in [2.05, 4.69) is 9.88 Å². The third kappa shape index (κ3) is 7.21. The lowest BCUT2D eigenvalue weighted by atomic mass is 10.0. The van der Waals surface area contributed by atoms with E-state index < -0.39 is 17.7 Å². The van der Waals surface area contributed by atoms with Gasteiger partial charge in [0.05, 0.1) is 11.3 Å². The first-order valence-corrected chi connectivity index (χ1v) is 11.3. The van der Waals surface area contributed by atoms with Crippen LogP contribution < -0.4 is 9.64 Å². The van der Waals surface area contributed by atoms with Gasteiger partial charge < -0.3 is 14.7 Å². The number of aromatic nitrogens is 1. The van der Waals surface area contributed by atoms with Crippen molar-refractivity contribution in [3.05, 3.63) is 77.0 Å². The summed E-state index contributed by atoms with van der Waals surface area (Å²) in [5, 5.41) is 8.76. The second kappa shape index (κ2) is 11.3. The molecular formula is C27H29F3N2O3. The van der Waals surface area contributed by atoms with Crippen molar-refractivity contribution in [2.24, 2.45) is 0 Å². The van der Waals surface area contributed by atoms with Crippen LogP contribution in [-0.2, 0) is 17.4 Å². The van der Waals surface area contributed by atoms with Crippen molar-refractivity contribution in [3.63, 3.8) is 0 Å². The number of hydrogen-bond acceptors (Lipinski definition) is 4. The lowest BCUT2D eigenvalue weighted by molar-refractivity contribution is -0.139. The maximum absolute atomic E-state index is 13.0. The van der Waals surface area contributed by atoms with Crippen LogP contribution in [0, 0.1) is 13.8 Å². The average Bonchev–Trinajstić information content (AvgIpc) is 2.81. The predicted octanol–water partition coefficient (Wildman–Crippen LogP) is 6.31. The number of pyridine rings is 1. The van der Waals surface area contributed by atoms with Crippen molar-refractivity contribution in [1.82, 2.24) is 4.98 Å². The van der Waals surface area contributed by atoms with Crippen LogP contribution in [-0.4, -0.2) is 36.3 Å². The average molecular weight is 487 g/mol. The summed E-state index contributed by atoms with van der Waals surface area (Å²) in [7, 11) is 2.00. The number of rotatable bonds is 10. The summed E-state index contributed by atoms with van der Waals surface area (Å²) in [6.45, 7) is 4.23. The van der Waals surface area contributed by atoms with Crippen molar-refractivity contribution in [1.29, 1.82) is 0 Å². The molecule has 3 aromatic rings. The van der Waals surface area contributed by atoms with E-state index in [1.165, 1.54) is 6.07 Å². The maximum atomic E-state index is 13.0. The van der Waals surface area contributed by atoms with Gasteiger partial charge in [0, 0.05) is 30.5 Å². The number of nitrogens with zero attached hydrogens (tertiary/aromatic N) is 2. The highest BCUT2D eigenvalue weighted by Crippen LogP contribution is 2.32. The number of hydrogen-bond donors (Lipinski definition) is 1. The number of ether oxygens (including phenoxy) is 1. The molecule has 0 aliphatic carbocycles. The second-order valence-electron chi connectivity index (χ2n) is 8.53. The first-order valence-electron chi connectivity index (χ1n) is 11.3. The molecule has 5 nitrogen and oxygen atoms in total. The van der Waals surface area contributed by atoms with Gasteiger partial charge in [0.15, 0.2) is 6.61 Å². The number of carboxylic acids is 1. The highest BCUT2D eigenvalue weighted by Gasteiger charge is 2.30. The number of alkyl halides is 3. The van der Waals surface area contributed by atoms with E-state index in [1.54, 1.807) is 18.2 Å². The van der Waals surface area contributed by atoms with E-state index in [9.17, 15) is 18.0 Å². The van der Waals surface area contributed by atoms with Gasteiger partial charge in [0.1, 0.15) is 5.75 Å². The molecule has 0 aliphatic rings. The molecule has 0 aliphatic heterocycles. The Balaban J connectivity index is 1.54. The van der Waals surface area contributed by atoms with Crippen molar-refractivity contribution < 1.29 is 27.8 Å². The quantitative estimate of drug-likeness (QED) is 0.341. The van der Waals surface area contributed by atoms with Gasteiger partial charge in [0.2, 0.25) is 0 Å². The van der Waals surface area contributed by atoms with E-state index in [1.807, 2.05) is 39.1 Å². The lowest BCUT2D eigenvalue weighted by Gasteiger charge is -2.20. The van der Waals surface area contributed by atoms with Crippen LogP contribution in [0.3, 0.4) is 0 Å². The molecular weight excluding hydrogens is 457 g/mol. The highest BCUT2D eigenvalue weighted by molar-refractivity contribution is 5.68. The Morgan fingerprint density at radius 1 is 1.06 bits per heavy atom. The van der Waals surface area contributed by atoms with Gasteiger partial charge in [-0.3, -0.25) is 4.98 Å². The molecule has 1 N–H and O–H groups in total. The summed E-state index contributed by atoms with van der Waals surface area (Å²) in [4.78, 5) is 17.4. The van der Waals surface area contributed by atoms with E-state index in [0.717, 1.165) is 60.4 Å². The monoisotopic (exact) mass is 486 g/mol. The van der Waals surface area contributed by atoms with Crippen molar-refractivity contribution in [2.45, 2.75) is 39.3 Å². The molecule has 0 bridgehead atoms. The zero-order valence-electron chi connectivity index (χ0n) is 20.0. The van der Waals surface area contributed by atoms with Crippen molar-refractivity contribution in [3.8, 4) is 17.0 Å². The number of aryl methyl sites for hydroxylation is 3. The summed E-state index contributed by atoms with van der Waals surface area (Å²) >= 11 is 0. The number of halogens is 3. The number of benzene rings is 2. The number of unbranched alkanes of at least 4 members (excludes halogenated alkanes) is 1. The Morgan fingerprint density at radius 3 is 2.49 bits per heavy atom. The summed E-state index contributed by atoms with van der Waals surface area (Å²) in [5.74, 6) is -0.456. The smallest absolute Gasteiger partial charge is 0.416 e. The molecule has 3 rings (SSSR count). The van der Waals surface area contributed by atoms with Gasteiger partial charge >= 0.3 is 12.1 Å². The third-order valence-corrected chi connectivity index (χ3v) is 5.82. The Kier molecular flexibility index (Phi) is 8.38. The van der Waals surface area contributed by atoms with Crippen LogP contribution in [0.1, 0.15) is 35.2 Å². The fraction of sp³-hybridized carbons (Fsp3) is 0.333. The third-order valence-electron chi connectivity index (χ3n) is 5.82.